The Bertz CT molecular complexity index is 716. The van der Waals surface area contributed by atoms with Crippen LogP contribution in [0.25, 0.3) is 0 Å². The average molecular weight is 417 g/mol. The molecular weight excluding hydrogens is 381 g/mol. The van der Waals surface area contributed by atoms with E-state index in [1.165, 1.54) is 57.1 Å². The predicted molar refractivity (Wildman–Crippen MR) is 118 cm³/mol. The van der Waals surface area contributed by atoms with Gasteiger partial charge in [-0.2, -0.15) is 13.2 Å². The summed E-state index contributed by atoms with van der Waals surface area (Å²) < 4.78 is 38.2. The van der Waals surface area contributed by atoms with Gasteiger partial charge in [-0.25, -0.2) is 0 Å². The second-order valence-electron chi connectivity index (χ2n) is 9.24. The number of alkyl halides is 3. The highest BCUT2D eigenvalue weighted by molar-refractivity contribution is 5.28. The summed E-state index contributed by atoms with van der Waals surface area (Å²) in [5.74, 6) is 9.12. The Labute approximate surface area is 180 Å². The predicted octanol–water partition coefficient (Wildman–Crippen LogP) is 8.54. The fraction of sp³-hybridized carbons (Fsp3) is 0.630. The Morgan fingerprint density at radius 3 is 2.20 bits per heavy atom. The molecule has 0 saturated heterocycles. The largest absolute Gasteiger partial charge is 0.416 e. The van der Waals surface area contributed by atoms with E-state index in [1.54, 1.807) is 12.1 Å². The van der Waals surface area contributed by atoms with Crippen molar-refractivity contribution in [1.82, 2.24) is 0 Å². The fourth-order valence-corrected chi connectivity index (χ4v) is 5.03. The van der Waals surface area contributed by atoms with E-state index in [9.17, 15) is 13.2 Å². The van der Waals surface area contributed by atoms with Crippen LogP contribution in [0.5, 0.6) is 0 Å². The molecule has 2 saturated carbocycles. The number of hydrogen-bond donors (Lipinski definition) is 0. The molecule has 0 unspecified atom stereocenters. The van der Waals surface area contributed by atoms with Crippen molar-refractivity contribution in [2.75, 3.05) is 0 Å². The number of halogens is 3. The van der Waals surface area contributed by atoms with Crippen LogP contribution >= 0.6 is 0 Å². The topological polar surface area (TPSA) is 0 Å². The molecule has 3 heteroatoms. The lowest BCUT2D eigenvalue weighted by Crippen LogP contribution is -2.13. The third-order valence-electron chi connectivity index (χ3n) is 7.03. The van der Waals surface area contributed by atoms with Crippen LogP contribution in [-0.4, -0.2) is 0 Å². The molecule has 0 nitrogen and oxygen atoms in total. The minimum atomic E-state index is -4.26. The Hall–Kier alpha value is -1.69. The molecule has 0 bridgehead atoms. The van der Waals surface area contributed by atoms with Gasteiger partial charge in [-0.15, -0.1) is 0 Å². The molecule has 3 rings (SSSR count). The number of benzene rings is 1. The van der Waals surface area contributed by atoms with E-state index in [-0.39, 0.29) is 0 Å². The van der Waals surface area contributed by atoms with Gasteiger partial charge in [0, 0.05) is 5.92 Å². The molecule has 164 valence electrons. The van der Waals surface area contributed by atoms with Crippen molar-refractivity contribution < 1.29 is 13.2 Å². The van der Waals surface area contributed by atoms with Crippen LogP contribution in [0.4, 0.5) is 13.2 Å². The molecule has 0 atom stereocenters. The van der Waals surface area contributed by atoms with Gasteiger partial charge in [0.1, 0.15) is 0 Å². The lowest BCUT2D eigenvalue weighted by atomic mass is 9.78. The fourth-order valence-electron chi connectivity index (χ4n) is 5.03. The van der Waals surface area contributed by atoms with E-state index < -0.39 is 11.7 Å². The van der Waals surface area contributed by atoms with Crippen molar-refractivity contribution >= 4 is 0 Å². The molecule has 0 amide bonds. The number of unbranched alkanes of at least 4 members (excludes halogenated alkanes) is 1. The molecule has 0 spiro atoms. The molecule has 1 aromatic carbocycles. The smallest absolute Gasteiger partial charge is 0.166 e. The molecule has 0 N–H and O–H groups in total. The number of hydrogen-bond acceptors (Lipinski definition) is 0. The van der Waals surface area contributed by atoms with Gasteiger partial charge in [0.05, 0.1) is 5.56 Å². The van der Waals surface area contributed by atoms with Crippen LogP contribution in [0.15, 0.2) is 36.4 Å². The van der Waals surface area contributed by atoms with Crippen molar-refractivity contribution in [1.29, 1.82) is 0 Å². The first-order valence-corrected chi connectivity index (χ1v) is 11.8. The first-order chi connectivity index (χ1) is 14.5. The van der Waals surface area contributed by atoms with Gasteiger partial charge in [-0.1, -0.05) is 56.2 Å². The lowest BCUT2D eigenvalue weighted by Gasteiger charge is -2.26. The van der Waals surface area contributed by atoms with Crippen molar-refractivity contribution in [2.24, 2.45) is 17.8 Å². The van der Waals surface area contributed by atoms with Crippen LogP contribution in [-0.2, 0) is 6.18 Å². The lowest BCUT2D eigenvalue weighted by molar-refractivity contribution is -0.137. The minimum Gasteiger partial charge on any atom is -0.166 e. The van der Waals surface area contributed by atoms with Crippen LogP contribution in [0, 0.1) is 29.6 Å². The van der Waals surface area contributed by atoms with Gasteiger partial charge in [0.2, 0.25) is 0 Å². The van der Waals surface area contributed by atoms with Gasteiger partial charge >= 0.3 is 6.18 Å². The molecule has 0 aromatic heterocycles. The third kappa shape index (κ3) is 6.93. The number of allylic oxidation sites excluding steroid dienone is 2. The van der Waals surface area contributed by atoms with E-state index in [4.69, 9.17) is 0 Å². The molecule has 0 aliphatic heterocycles. The Morgan fingerprint density at radius 2 is 1.60 bits per heavy atom. The summed E-state index contributed by atoms with van der Waals surface area (Å²) in [7, 11) is 0. The summed E-state index contributed by atoms with van der Waals surface area (Å²) in [5.41, 5.74) is 0.468. The van der Waals surface area contributed by atoms with E-state index in [0.29, 0.717) is 17.8 Å². The summed E-state index contributed by atoms with van der Waals surface area (Å²) in [6.45, 7) is 2.27. The molecule has 1 aromatic rings. The summed E-state index contributed by atoms with van der Waals surface area (Å²) in [6, 6.07) is 5.73. The second-order valence-corrected chi connectivity index (χ2v) is 9.24. The highest BCUT2D eigenvalue weighted by Gasteiger charge is 2.30. The van der Waals surface area contributed by atoms with Crippen molar-refractivity contribution in [3.8, 4) is 11.8 Å². The normalized spacial score (nSPS) is 27.6. The highest BCUT2D eigenvalue weighted by atomic mass is 19.4. The Balaban J connectivity index is 1.39. The zero-order valence-corrected chi connectivity index (χ0v) is 18.2. The second kappa shape index (κ2) is 11.1. The standard InChI is InChI=1S/C27H35F3/c1-2-3-6-21-9-11-22(12-10-21)7-4-5-8-23-13-15-24(16-14-23)25-17-19-26(20-18-25)27(28,29)30/h4,7,17-24H,2-3,6,9-16H2,1H3. The summed E-state index contributed by atoms with van der Waals surface area (Å²) in [6.07, 6.45) is 13.7. The van der Waals surface area contributed by atoms with Gasteiger partial charge in [0.25, 0.3) is 0 Å². The first-order valence-electron chi connectivity index (χ1n) is 11.8. The maximum atomic E-state index is 12.7. The quantitative estimate of drug-likeness (QED) is 0.422. The molecule has 0 radical (unpaired) electrons. The van der Waals surface area contributed by atoms with Gasteiger partial charge in [-0.05, 0) is 92.9 Å². The molecular formula is C27H35F3. The van der Waals surface area contributed by atoms with Crippen molar-refractivity contribution in [3.63, 3.8) is 0 Å². The first kappa shape index (κ1) is 23.0. The average Bonchev–Trinajstić information content (AvgIpc) is 2.76. The van der Waals surface area contributed by atoms with E-state index in [2.05, 4.69) is 30.9 Å². The molecule has 30 heavy (non-hydrogen) atoms. The van der Waals surface area contributed by atoms with Gasteiger partial charge < -0.3 is 0 Å². The zero-order chi connectivity index (χ0) is 21.4. The maximum Gasteiger partial charge on any atom is 0.416 e. The summed E-state index contributed by atoms with van der Waals surface area (Å²) in [4.78, 5) is 0. The molecule has 0 heterocycles. The van der Waals surface area contributed by atoms with Crippen LogP contribution < -0.4 is 0 Å². The SMILES string of the molecule is CCCCC1CCC(C=CC#CC2CCC(c3ccc(C(F)(F)F)cc3)CC2)CC1. The van der Waals surface area contributed by atoms with Crippen LogP contribution in [0.3, 0.4) is 0 Å². The zero-order valence-electron chi connectivity index (χ0n) is 18.2. The van der Waals surface area contributed by atoms with E-state index in [0.717, 1.165) is 37.2 Å². The van der Waals surface area contributed by atoms with E-state index >= 15 is 0 Å². The van der Waals surface area contributed by atoms with Gasteiger partial charge in [0.15, 0.2) is 0 Å². The van der Waals surface area contributed by atoms with Gasteiger partial charge in [-0.3, -0.25) is 0 Å². The molecule has 2 aliphatic carbocycles. The molecule has 2 aliphatic rings. The maximum absolute atomic E-state index is 12.7. The van der Waals surface area contributed by atoms with Crippen LogP contribution in [0.1, 0.15) is 94.6 Å². The highest BCUT2D eigenvalue weighted by Crippen LogP contribution is 2.37. The third-order valence-corrected chi connectivity index (χ3v) is 7.03. The van der Waals surface area contributed by atoms with Crippen LogP contribution in [0.2, 0.25) is 0 Å². The van der Waals surface area contributed by atoms with Crippen molar-refractivity contribution in [3.05, 3.63) is 47.5 Å². The summed E-state index contributed by atoms with van der Waals surface area (Å²) >= 11 is 0. The van der Waals surface area contributed by atoms with Crippen molar-refractivity contribution in [2.45, 2.75) is 89.6 Å². The molecule has 2 fully saturated rings. The minimum absolute atomic E-state index is 0.365. The monoisotopic (exact) mass is 416 g/mol. The Morgan fingerprint density at radius 1 is 0.933 bits per heavy atom. The van der Waals surface area contributed by atoms with E-state index in [1.807, 2.05) is 0 Å². The summed E-state index contributed by atoms with van der Waals surface area (Å²) in [5, 5.41) is 0. The Kier molecular flexibility index (Phi) is 8.49. The number of rotatable bonds is 5.